The molecule has 6 heteroatoms. The summed E-state index contributed by atoms with van der Waals surface area (Å²) in [5.74, 6) is -0.235. The Labute approximate surface area is 139 Å². The lowest BCUT2D eigenvalue weighted by Gasteiger charge is -2.15. The maximum atomic E-state index is 13.5. The largest absolute Gasteiger partial charge is 0.467 e. The van der Waals surface area contributed by atoms with Crippen LogP contribution in [0.25, 0.3) is 0 Å². The predicted octanol–water partition coefficient (Wildman–Crippen LogP) is 2.17. The quantitative estimate of drug-likeness (QED) is 0.764. The highest BCUT2D eigenvalue weighted by atomic mass is 19.1. The molecule has 0 spiro atoms. The van der Waals surface area contributed by atoms with E-state index in [-0.39, 0.29) is 24.2 Å². The maximum absolute atomic E-state index is 13.5. The van der Waals surface area contributed by atoms with Crippen molar-refractivity contribution in [3.8, 4) is 0 Å². The van der Waals surface area contributed by atoms with Crippen LogP contribution in [0.2, 0.25) is 0 Å². The summed E-state index contributed by atoms with van der Waals surface area (Å²) in [5.41, 5.74) is -0.438. The molecule has 1 heterocycles. The van der Waals surface area contributed by atoms with Crippen molar-refractivity contribution in [1.29, 1.82) is 0 Å². The molecule has 0 bridgehead atoms. The van der Waals surface area contributed by atoms with Gasteiger partial charge in [-0.2, -0.15) is 0 Å². The smallest absolute Gasteiger partial charge is 0.236 e. The molecule has 1 saturated carbocycles. The fraction of sp³-hybridized carbons (Fsp3) is 0.333. The molecule has 2 aromatic rings. The van der Waals surface area contributed by atoms with Crippen molar-refractivity contribution < 1.29 is 18.4 Å². The van der Waals surface area contributed by atoms with Crippen LogP contribution in [-0.4, -0.2) is 18.4 Å². The first-order valence-electron chi connectivity index (χ1n) is 7.94. The molecule has 1 aromatic heterocycles. The minimum atomic E-state index is -0.984. The van der Waals surface area contributed by atoms with E-state index in [2.05, 4.69) is 10.6 Å². The fourth-order valence-electron chi connectivity index (χ4n) is 2.61. The van der Waals surface area contributed by atoms with Crippen molar-refractivity contribution in [3.05, 3.63) is 59.8 Å². The lowest BCUT2D eigenvalue weighted by Crippen LogP contribution is -2.43. The zero-order chi connectivity index (χ0) is 17.0. The molecular weight excluding hydrogens is 311 g/mol. The van der Waals surface area contributed by atoms with Crippen LogP contribution in [0.3, 0.4) is 0 Å². The summed E-state index contributed by atoms with van der Waals surface area (Å²) in [6.07, 6.45) is 2.98. The monoisotopic (exact) mass is 330 g/mol. The number of furan rings is 1. The molecule has 126 valence electrons. The SMILES string of the molecule is O=C(NCCc1ccccc1F)C1(C(=O)NCc2ccco2)CC1. The highest BCUT2D eigenvalue weighted by molar-refractivity contribution is 6.07. The second kappa shape index (κ2) is 6.86. The van der Waals surface area contributed by atoms with E-state index in [1.54, 1.807) is 30.3 Å². The second-order valence-corrected chi connectivity index (χ2v) is 5.94. The summed E-state index contributed by atoms with van der Waals surface area (Å²) in [5, 5.41) is 5.48. The van der Waals surface area contributed by atoms with Gasteiger partial charge in [0.15, 0.2) is 0 Å². The maximum Gasteiger partial charge on any atom is 0.236 e. The number of rotatable bonds is 7. The van der Waals surface area contributed by atoms with Gasteiger partial charge in [-0.15, -0.1) is 0 Å². The van der Waals surface area contributed by atoms with Gasteiger partial charge in [-0.3, -0.25) is 9.59 Å². The third-order valence-corrected chi connectivity index (χ3v) is 4.26. The van der Waals surface area contributed by atoms with Crippen molar-refractivity contribution in [1.82, 2.24) is 10.6 Å². The van der Waals surface area contributed by atoms with E-state index in [0.29, 0.717) is 37.1 Å². The molecule has 3 rings (SSSR count). The van der Waals surface area contributed by atoms with E-state index >= 15 is 0 Å². The summed E-state index contributed by atoms with van der Waals surface area (Å²) in [7, 11) is 0. The molecule has 1 aliphatic rings. The van der Waals surface area contributed by atoms with Gasteiger partial charge >= 0.3 is 0 Å². The Balaban J connectivity index is 1.48. The number of halogens is 1. The minimum absolute atomic E-state index is 0.260. The lowest BCUT2D eigenvalue weighted by atomic mass is 10.0. The minimum Gasteiger partial charge on any atom is -0.467 e. The highest BCUT2D eigenvalue weighted by Gasteiger charge is 2.56. The molecule has 1 aromatic carbocycles. The third kappa shape index (κ3) is 3.48. The molecule has 1 aliphatic carbocycles. The molecule has 1 fully saturated rings. The van der Waals surface area contributed by atoms with Crippen molar-refractivity contribution in [2.24, 2.45) is 5.41 Å². The van der Waals surface area contributed by atoms with Gasteiger partial charge in [0.25, 0.3) is 0 Å². The lowest BCUT2D eigenvalue weighted by molar-refractivity contribution is -0.137. The fourth-order valence-corrected chi connectivity index (χ4v) is 2.61. The first-order valence-corrected chi connectivity index (χ1v) is 7.94. The zero-order valence-corrected chi connectivity index (χ0v) is 13.2. The van der Waals surface area contributed by atoms with Crippen molar-refractivity contribution >= 4 is 11.8 Å². The standard InChI is InChI=1S/C18H19FN2O3/c19-15-6-2-1-4-13(15)7-10-20-16(22)18(8-9-18)17(23)21-12-14-5-3-11-24-14/h1-6,11H,7-10,12H2,(H,20,22)(H,21,23). The number of amides is 2. The highest BCUT2D eigenvalue weighted by Crippen LogP contribution is 2.46. The van der Waals surface area contributed by atoms with Crippen molar-refractivity contribution in [2.45, 2.75) is 25.8 Å². The molecule has 0 saturated heterocycles. The van der Waals surface area contributed by atoms with E-state index in [1.807, 2.05) is 0 Å². The number of hydrogen-bond acceptors (Lipinski definition) is 3. The van der Waals surface area contributed by atoms with Crippen LogP contribution in [0.15, 0.2) is 47.1 Å². The summed E-state index contributed by atoms with van der Waals surface area (Å²) in [6.45, 7) is 0.559. The summed E-state index contributed by atoms with van der Waals surface area (Å²) >= 11 is 0. The average Bonchev–Trinajstić information content (AvgIpc) is 3.24. The van der Waals surface area contributed by atoms with E-state index in [1.165, 1.54) is 12.3 Å². The molecule has 2 amide bonds. The van der Waals surface area contributed by atoms with Crippen LogP contribution < -0.4 is 10.6 Å². The van der Waals surface area contributed by atoms with Crippen molar-refractivity contribution in [3.63, 3.8) is 0 Å². The molecule has 0 unspecified atom stereocenters. The normalized spacial score (nSPS) is 14.9. The van der Waals surface area contributed by atoms with Crippen molar-refractivity contribution in [2.75, 3.05) is 6.54 Å². The summed E-state index contributed by atoms with van der Waals surface area (Å²) < 4.78 is 18.7. The molecule has 24 heavy (non-hydrogen) atoms. The van der Waals surface area contributed by atoms with Gasteiger partial charge in [0.1, 0.15) is 17.0 Å². The molecule has 5 nitrogen and oxygen atoms in total. The van der Waals surface area contributed by atoms with Crippen LogP contribution in [0.4, 0.5) is 4.39 Å². The van der Waals surface area contributed by atoms with Gasteiger partial charge in [0, 0.05) is 6.54 Å². The van der Waals surface area contributed by atoms with Crippen LogP contribution in [0.5, 0.6) is 0 Å². The Hall–Kier alpha value is -2.63. The van der Waals surface area contributed by atoms with Crippen LogP contribution in [-0.2, 0) is 22.6 Å². The Morgan fingerprint density at radius 3 is 2.50 bits per heavy atom. The van der Waals surface area contributed by atoms with E-state index < -0.39 is 5.41 Å². The molecule has 0 atom stereocenters. The van der Waals surface area contributed by atoms with E-state index in [4.69, 9.17) is 4.42 Å². The van der Waals surface area contributed by atoms with Crippen LogP contribution in [0.1, 0.15) is 24.2 Å². The number of hydrogen-bond donors (Lipinski definition) is 2. The van der Waals surface area contributed by atoms with Gasteiger partial charge in [0.05, 0.1) is 12.8 Å². The van der Waals surface area contributed by atoms with Gasteiger partial charge in [-0.25, -0.2) is 4.39 Å². The first kappa shape index (κ1) is 16.2. The van der Waals surface area contributed by atoms with Gasteiger partial charge in [-0.05, 0) is 43.0 Å². The Kier molecular flexibility index (Phi) is 4.64. The first-order chi connectivity index (χ1) is 11.6. The molecule has 0 aliphatic heterocycles. The average molecular weight is 330 g/mol. The number of carbonyl (C=O) groups excluding carboxylic acids is 2. The van der Waals surface area contributed by atoms with Gasteiger partial charge in [0.2, 0.25) is 11.8 Å². The Morgan fingerprint density at radius 2 is 1.83 bits per heavy atom. The molecule has 0 radical (unpaired) electrons. The number of benzene rings is 1. The topological polar surface area (TPSA) is 71.3 Å². The zero-order valence-electron chi connectivity index (χ0n) is 13.2. The number of nitrogens with one attached hydrogen (secondary N) is 2. The third-order valence-electron chi connectivity index (χ3n) is 4.26. The second-order valence-electron chi connectivity index (χ2n) is 5.94. The predicted molar refractivity (Wildman–Crippen MR) is 85.3 cm³/mol. The number of carbonyl (C=O) groups is 2. The Morgan fingerprint density at radius 1 is 1.08 bits per heavy atom. The van der Waals surface area contributed by atoms with Crippen LogP contribution >= 0.6 is 0 Å². The summed E-state index contributed by atoms with van der Waals surface area (Å²) in [6, 6.07) is 9.95. The summed E-state index contributed by atoms with van der Waals surface area (Å²) in [4.78, 5) is 24.6. The van der Waals surface area contributed by atoms with Gasteiger partial charge in [-0.1, -0.05) is 18.2 Å². The molecule has 2 N–H and O–H groups in total. The van der Waals surface area contributed by atoms with E-state index in [0.717, 1.165) is 0 Å². The van der Waals surface area contributed by atoms with E-state index in [9.17, 15) is 14.0 Å². The Bertz CT molecular complexity index is 724. The van der Waals surface area contributed by atoms with Gasteiger partial charge < -0.3 is 15.1 Å². The molecular formula is C18H19FN2O3. The van der Waals surface area contributed by atoms with Crippen LogP contribution in [0, 0.1) is 11.2 Å².